The van der Waals surface area contributed by atoms with Crippen molar-refractivity contribution in [2.75, 3.05) is 73.0 Å². The van der Waals surface area contributed by atoms with Crippen molar-refractivity contribution in [3.8, 4) is 5.75 Å². The van der Waals surface area contributed by atoms with Crippen LogP contribution in [0.25, 0.3) is 21.7 Å². The number of ether oxygens (including phenoxy) is 1. The normalized spacial score (nSPS) is 15.8. The molecule has 1 aromatic heterocycles. The molecular formula is C63H67ClN12O12. The molecule has 3 aliphatic rings. The van der Waals surface area contributed by atoms with Gasteiger partial charge in [-0.1, -0.05) is 38.1 Å². The van der Waals surface area contributed by atoms with Gasteiger partial charge in [0.05, 0.1) is 12.1 Å². The molecule has 9 N–H and O–H groups in total. The number of nitrogens with zero attached hydrogens (tertiary/aromatic N) is 4. The van der Waals surface area contributed by atoms with E-state index in [4.69, 9.17) is 22.1 Å². The van der Waals surface area contributed by atoms with E-state index in [2.05, 4.69) is 41.8 Å². The number of hydrogen-bond acceptors (Lipinski definition) is 13. The molecule has 0 radical (unpaired) electrons. The number of carbonyl (C=O) groups is 11. The summed E-state index contributed by atoms with van der Waals surface area (Å²) in [6, 6.07) is 24.6. The van der Waals surface area contributed by atoms with Crippen LogP contribution in [0.5, 0.6) is 5.75 Å². The fourth-order valence-electron chi connectivity index (χ4n) is 10.6. The first kappa shape index (κ1) is 62.6. The van der Waals surface area contributed by atoms with Gasteiger partial charge >= 0.3 is 6.09 Å². The van der Waals surface area contributed by atoms with Gasteiger partial charge in [-0.2, -0.15) is 0 Å². The van der Waals surface area contributed by atoms with Crippen molar-refractivity contribution >= 4 is 121 Å². The molecule has 9 rings (SSSR count). The number of alkyl halides is 1. The molecule has 0 aliphatic carbocycles. The Morgan fingerprint density at radius 2 is 1.30 bits per heavy atom. The van der Waals surface area contributed by atoms with Gasteiger partial charge < -0.3 is 62.1 Å². The van der Waals surface area contributed by atoms with Crippen LogP contribution in [0.4, 0.5) is 27.5 Å². The molecule has 458 valence electrons. The monoisotopic (exact) mass is 1220 g/mol. The van der Waals surface area contributed by atoms with Crippen LogP contribution in [0.3, 0.4) is 0 Å². The Hall–Kier alpha value is -9.94. The van der Waals surface area contributed by atoms with E-state index in [0.717, 1.165) is 46.5 Å². The summed E-state index contributed by atoms with van der Waals surface area (Å²) in [5, 5.41) is 18.2. The van der Waals surface area contributed by atoms with Gasteiger partial charge in [0, 0.05) is 120 Å². The lowest BCUT2D eigenvalue weighted by atomic mass is 9.95. The molecule has 0 unspecified atom stereocenters. The van der Waals surface area contributed by atoms with Gasteiger partial charge in [0.15, 0.2) is 0 Å². The average Bonchev–Trinajstić information content (AvgIpc) is 1.65. The molecule has 5 aromatic carbocycles. The fraction of sp³-hybridized carbons (Fsp3) is 0.317. The minimum absolute atomic E-state index is 0.0000977. The number of primary amides is 1. The maximum absolute atomic E-state index is 14.4. The Labute approximate surface area is 510 Å². The first-order chi connectivity index (χ1) is 42.1. The summed E-state index contributed by atoms with van der Waals surface area (Å²) in [4.78, 5) is 153. The van der Waals surface area contributed by atoms with Crippen LogP contribution in [0.2, 0.25) is 0 Å². The van der Waals surface area contributed by atoms with E-state index in [-0.39, 0.29) is 60.7 Å². The lowest BCUT2D eigenvalue weighted by Gasteiger charge is -2.31. The number of imide groups is 1. The van der Waals surface area contributed by atoms with Gasteiger partial charge in [0.1, 0.15) is 29.6 Å². The van der Waals surface area contributed by atoms with Crippen LogP contribution >= 0.6 is 11.6 Å². The van der Waals surface area contributed by atoms with Crippen LogP contribution in [0, 0.1) is 5.92 Å². The Morgan fingerprint density at radius 1 is 0.693 bits per heavy atom. The summed E-state index contributed by atoms with van der Waals surface area (Å²) >= 11 is 6.56. The number of amides is 11. The number of nitrogens with two attached hydrogens (primary N) is 1. The molecule has 25 heteroatoms. The third-order valence-corrected chi connectivity index (χ3v) is 15.7. The van der Waals surface area contributed by atoms with E-state index in [0.29, 0.717) is 64.6 Å². The Balaban J connectivity index is 0.770. The first-order valence-corrected chi connectivity index (χ1v) is 29.2. The van der Waals surface area contributed by atoms with E-state index < -0.39 is 83.8 Å². The lowest BCUT2D eigenvalue weighted by Crippen LogP contribution is -2.56. The number of rotatable bonds is 22. The number of halogens is 1. The number of fused-ring (bicyclic) bond motifs is 4. The lowest BCUT2D eigenvalue weighted by molar-refractivity contribution is -0.137. The molecule has 6 aromatic rings. The van der Waals surface area contributed by atoms with Gasteiger partial charge in [-0.25, -0.2) is 4.79 Å². The van der Waals surface area contributed by atoms with Gasteiger partial charge in [-0.05, 0) is 116 Å². The predicted octanol–water partition coefficient (Wildman–Crippen LogP) is 5.59. The molecule has 11 amide bonds. The first-order valence-electron chi connectivity index (χ1n) is 28.7. The highest BCUT2D eigenvalue weighted by Crippen LogP contribution is 2.46. The number of aromatic amines is 1. The molecule has 0 saturated carbocycles. The maximum atomic E-state index is 14.4. The number of hydrogen-bond donors (Lipinski definition) is 8. The molecular weight excluding hydrogens is 1150 g/mol. The standard InChI is InChI=1S/C63H67ClN12O12/c1-35(2)28-47(72-61(85)48(31-52(65)77)71-57(81)36(3)66-53(78)10-7-23-75-54(79)21-22-55(75)80)60(84)68-42-17-13-37(14-18-42)58(82)67-41-15-11-38(12-16-41)59(83)69-43-19-20-46-39(29-43)30-49(70-46)62(86)76-34-40(33-64)56-45-9-6-5-8-44(45)51(32-50(56)76)88-63(87)74-26-24-73(4)25-27-74/h5-6,8-9,11-22,29-30,32,35-36,40,47-48,70H,7,10,23-28,31,33-34H2,1-4H3,(H2,65,77)(H,66,78)(H,67,82)(H,68,84)(H,69,83)(H,71,81)(H,72,85)/t36-,40+,47-,48-/m0/s1. The number of carbonyl (C=O) groups excluding carboxylic acids is 11. The van der Waals surface area contributed by atoms with Crippen molar-refractivity contribution < 1.29 is 57.5 Å². The fourth-order valence-corrected chi connectivity index (χ4v) is 10.8. The van der Waals surface area contributed by atoms with E-state index in [1.54, 1.807) is 64.4 Å². The second-order valence-corrected chi connectivity index (χ2v) is 22.6. The quantitative estimate of drug-likeness (QED) is 0.0304. The van der Waals surface area contributed by atoms with E-state index >= 15 is 0 Å². The number of H-pyrrole nitrogens is 1. The minimum Gasteiger partial charge on any atom is -0.409 e. The van der Waals surface area contributed by atoms with Gasteiger partial charge in [0.2, 0.25) is 29.5 Å². The van der Waals surface area contributed by atoms with Crippen LogP contribution in [0.1, 0.15) is 89.1 Å². The molecule has 24 nitrogen and oxygen atoms in total. The smallest absolute Gasteiger partial charge is 0.409 e. The summed E-state index contributed by atoms with van der Waals surface area (Å²) in [5.74, 6) is -5.74. The zero-order valence-electron chi connectivity index (χ0n) is 48.8. The molecule has 4 heterocycles. The average molecular weight is 1220 g/mol. The number of likely N-dealkylation sites (N-methyl/N-ethyl adjacent to an activating group) is 1. The topological polar surface area (TPSA) is 324 Å². The van der Waals surface area contributed by atoms with Crippen LogP contribution in [-0.2, 0) is 33.6 Å². The van der Waals surface area contributed by atoms with Gasteiger partial charge in [-0.15, -0.1) is 11.6 Å². The summed E-state index contributed by atoms with van der Waals surface area (Å²) in [5.41, 5.74) is 9.54. The van der Waals surface area contributed by atoms with Crippen molar-refractivity contribution in [3.63, 3.8) is 0 Å². The predicted molar refractivity (Wildman–Crippen MR) is 330 cm³/mol. The van der Waals surface area contributed by atoms with E-state index in [1.807, 2.05) is 45.2 Å². The molecule has 4 atom stereocenters. The summed E-state index contributed by atoms with van der Waals surface area (Å²) in [6.45, 7) is 7.84. The van der Waals surface area contributed by atoms with E-state index in [9.17, 15) is 52.7 Å². The van der Waals surface area contributed by atoms with Crippen molar-refractivity contribution in [1.82, 2.24) is 35.6 Å². The number of piperazine rings is 1. The Bertz CT molecular complexity index is 3750. The largest absolute Gasteiger partial charge is 0.415 e. The Kier molecular flexibility index (Phi) is 19.6. The molecule has 1 fully saturated rings. The highest BCUT2D eigenvalue weighted by molar-refractivity contribution is 6.20. The summed E-state index contributed by atoms with van der Waals surface area (Å²) in [6.07, 6.45) is 1.34. The highest BCUT2D eigenvalue weighted by Gasteiger charge is 2.37. The third-order valence-electron chi connectivity index (χ3n) is 15.3. The molecule has 88 heavy (non-hydrogen) atoms. The molecule has 0 bridgehead atoms. The molecule has 3 aliphatic heterocycles. The Morgan fingerprint density at radius 3 is 1.92 bits per heavy atom. The minimum atomic E-state index is -1.51. The van der Waals surface area contributed by atoms with Crippen LogP contribution in [-0.4, -0.2) is 155 Å². The van der Waals surface area contributed by atoms with E-state index in [1.165, 1.54) is 31.2 Å². The maximum Gasteiger partial charge on any atom is 0.415 e. The van der Waals surface area contributed by atoms with Crippen LogP contribution < -0.4 is 47.3 Å². The van der Waals surface area contributed by atoms with Crippen molar-refractivity contribution in [2.24, 2.45) is 11.7 Å². The number of benzene rings is 5. The van der Waals surface area contributed by atoms with Crippen molar-refractivity contribution in [2.45, 2.75) is 70.5 Å². The van der Waals surface area contributed by atoms with Gasteiger partial charge in [0.25, 0.3) is 29.5 Å². The number of aromatic nitrogens is 1. The van der Waals surface area contributed by atoms with Crippen molar-refractivity contribution in [3.05, 3.63) is 138 Å². The SMILES string of the molecule is CC(C)C[C@H](NC(=O)[C@H](CC(N)=O)NC(=O)[C@H](C)NC(=O)CCCN1C(=O)C=CC1=O)C(=O)Nc1ccc(C(=O)Nc2ccc(C(=O)Nc3ccc4[nH]c(C(=O)N5C[C@@H](CCl)c6c5cc(OC(=O)N5CCN(C)CC5)c5ccccc65)cc4c3)cc2)cc1. The molecule has 1 saturated heterocycles. The second kappa shape index (κ2) is 27.6. The van der Waals surface area contributed by atoms with Crippen molar-refractivity contribution in [1.29, 1.82) is 0 Å². The van der Waals surface area contributed by atoms with Gasteiger partial charge in [-0.3, -0.25) is 52.8 Å². The summed E-state index contributed by atoms with van der Waals surface area (Å²) < 4.78 is 6.05. The molecule has 0 spiro atoms. The third kappa shape index (κ3) is 15.0. The second-order valence-electron chi connectivity index (χ2n) is 22.3. The zero-order chi connectivity index (χ0) is 62.9. The summed E-state index contributed by atoms with van der Waals surface area (Å²) in [7, 11) is 2.01. The number of anilines is 4. The highest BCUT2D eigenvalue weighted by atomic mass is 35.5. The van der Waals surface area contributed by atoms with Crippen LogP contribution in [0.15, 0.2) is 115 Å². The zero-order valence-corrected chi connectivity index (χ0v) is 49.5. The number of nitrogens with one attached hydrogen (secondary N) is 7.